The summed E-state index contributed by atoms with van der Waals surface area (Å²) in [7, 11) is -3.78. The van der Waals surface area contributed by atoms with Crippen molar-refractivity contribution >= 4 is 13.6 Å². The van der Waals surface area contributed by atoms with Gasteiger partial charge < -0.3 is 18.9 Å². The van der Waals surface area contributed by atoms with Crippen LogP contribution in [0.3, 0.4) is 0 Å². The van der Waals surface area contributed by atoms with Crippen LogP contribution in [0, 0.1) is 0 Å². The molecule has 0 rings (SSSR count). The molecule has 94 valence electrons. The Morgan fingerprint density at radius 2 is 1.69 bits per heavy atom. The molecule has 0 atom stereocenters. The number of esters is 1. The van der Waals surface area contributed by atoms with Gasteiger partial charge in [0.25, 0.3) is 0 Å². The molecule has 0 aromatic rings. The fourth-order valence-electron chi connectivity index (χ4n) is 0.957. The van der Waals surface area contributed by atoms with Crippen molar-refractivity contribution in [2.75, 3.05) is 19.8 Å². The topological polar surface area (TPSA) is 82.1 Å². The summed E-state index contributed by atoms with van der Waals surface area (Å²) in [5.74, 6) is -0.907. The van der Waals surface area contributed by atoms with Gasteiger partial charge in [0.2, 0.25) is 0 Å². The molecule has 7 heteroatoms. The van der Waals surface area contributed by atoms with Gasteiger partial charge in [-0.1, -0.05) is 0 Å². The predicted octanol–water partition coefficient (Wildman–Crippen LogP) is 2.21. The minimum Gasteiger partial charge on any atom is -0.514 e. The first-order valence-corrected chi connectivity index (χ1v) is 6.51. The van der Waals surface area contributed by atoms with Gasteiger partial charge in [0.1, 0.15) is 6.26 Å². The summed E-state index contributed by atoms with van der Waals surface area (Å²) in [6.45, 7) is 5.09. The molecule has 0 amide bonds. The van der Waals surface area contributed by atoms with E-state index in [-0.39, 0.29) is 19.8 Å². The summed E-state index contributed by atoms with van der Waals surface area (Å²) in [4.78, 5) is 11.4. The second kappa shape index (κ2) is 7.44. The molecular weight excluding hydrogens is 235 g/mol. The highest BCUT2D eigenvalue weighted by Gasteiger charge is 2.36. The molecule has 0 unspecified atom stereocenters. The Labute approximate surface area is 94.7 Å². The summed E-state index contributed by atoms with van der Waals surface area (Å²) in [5.41, 5.74) is 0. The monoisotopic (exact) mass is 252 g/mol. The van der Waals surface area contributed by atoms with E-state index in [0.717, 1.165) is 0 Å². The van der Waals surface area contributed by atoms with Gasteiger partial charge in [-0.15, -0.1) is 0 Å². The smallest absolute Gasteiger partial charge is 0.371 e. The lowest BCUT2D eigenvalue weighted by molar-refractivity contribution is -0.138. The van der Waals surface area contributed by atoms with Gasteiger partial charge in [-0.2, -0.15) is 0 Å². The second-order valence-corrected chi connectivity index (χ2v) is 4.56. The van der Waals surface area contributed by atoms with Crippen LogP contribution in [0.1, 0.15) is 20.8 Å². The van der Waals surface area contributed by atoms with Crippen LogP contribution in [-0.4, -0.2) is 30.9 Å². The van der Waals surface area contributed by atoms with Gasteiger partial charge in [-0.25, -0.2) is 4.79 Å². The summed E-state index contributed by atoms with van der Waals surface area (Å²) in [5, 5.41) is 8.43. The number of hydrogen-bond donors (Lipinski definition) is 1. The number of aliphatic hydroxyl groups is 1. The lowest BCUT2D eigenvalue weighted by Crippen LogP contribution is -2.11. The lowest BCUT2D eigenvalue weighted by atomic mass is 10.6. The molecule has 0 radical (unpaired) electrons. The summed E-state index contributed by atoms with van der Waals surface area (Å²) in [6.07, 6.45) is 0.407. The van der Waals surface area contributed by atoms with Crippen LogP contribution in [0.25, 0.3) is 0 Å². The van der Waals surface area contributed by atoms with Crippen molar-refractivity contribution < 1.29 is 28.3 Å². The van der Waals surface area contributed by atoms with Crippen molar-refractivity contribution in [3.05, 3.63) is 11.6 Å². The molecule has 0 aromatic heterocycles. The molecule has 16 heavy (non-hydrogen) atoms. The number of rotatable bonds is 7. The molecule has 0 aliphatic rings. The van der Waals surface area contributed by atoms with Crippen molar-refractivity contribution in [1.29, 1.82) is 0 Å². The molecule has 0 saturated carbocycles. The van der Waals surface area contributed by atoms with Crippen LogP contribution in [0.15, 0.2) is 11.6 Å². The van der Waals surface area contributed by atoms with Crippen molar-refractivity contribution in [2.45, 2.75) is 20.8 Å². The third kappa shape index (κ3) is 3.96. The van der Waals surface area contributed by atoms with Gasteiger partial charge in [-0.3, -0.25) is 4.57 Å². The zero-order valence-electron chi connectivity index (χ0n) is 9.63. The van der Waals surface area contributed by atoms with Crippen LogP contribution in [-0.2, 0) is 23.1 Å². The van der Waals surface area contributed by atoms with E-state index in [1.807, 2.05) is 0 Å². The fraction of sp³-hybridized carbons (Fsp3) is 0.667. The Morgan fingerprint density at radius 3 is 2.00 bits per heavy atom. The first-order valence-electron chi connectivity index (χ1n) is 4.96. The quantitative estimate of drug-likeness (QED) is 0.324. The van der Waals surface area contributed by atoms with E-state index in [4.69, 9.17) is 14.2 Å². The van der Waals surface area contributed by atoms with Gasteiger partial charge in [0.15, 0.2) is 5.31 Å². The molecule has 0 saturated heterocycles. The molecule has 1 N–H and O–H groups in total. The number of hydrogen-bond acceptors (Lipinski definition) is 6. The molecule has 0 fully saturated rings. The molecule has 0 spiro atoms. The molecular formula is C9H17O6P. The predicted molar refractivity (Wildman–Crippen MR) is 58.2 cm³/mol. The Morgan fingerprint density at radius 1 is 1.19 bits per heavy atom. The summed E-state index contributed by atoms with van der Waals surface area (Å²) < 4.78 is 26.5. The molecule has 0 aliphatic carbocycles. The van der Waals surface area contributed by atoms with Crippen LogP contribution in [0.2, 0.25) is 0 Å². The zero-order valence-corrected chi connectivity index (χ0v) is 10.5. The fourth-order valence-corrected chi connectivity index (χ4v) is 2.42. The summed E-state index contributed by atoms with van der Waals surface area (Å²) >= 11 is 0. The molecule has 0 aliphatic heterocycles. The minimum absolute atomic E-state index is 0.0913. The van der Waals surface area contributed by atoms with E-state index in [1.165, 1.54) is 0 Å². The van der Waals surface area contributed by atoms with Gasteiger partial charge in [0.05, 0.1) is 19.8 Å². The average molecular weight is 252 g/mol. The Bertz CT molecular complexity index is 288. The highest BCUT2D eigenvalue weighted by atomic mass is 31.2. The third-order valence-corrected chi connectivity index (χ3v) is 3.58. The maximum atomic E-state index is 12.1. The zero-order chi connectivity index (χ0) is 12.6. The number of ether oxygens (including phenoxy) is 1. The number of carbonyl (C=O) groups excluding carboxylic acids is 1. The van der Waals surface area contributed by atoms with E-state index >= 15 is 0 Å². The van der Waals surface area contributed by atoms with Crippen molar-refractivity contribution in [2.24, 2.45) is 0 Å². The highest BCUT2D eigenvalue weighted by molar-refractivity contribution is 7.59. The van der Waals surface area contributed by atoms with E-state index in [0.29, 0.717) is 6.26 Å². The first-order chi connectivity index (χ1) is 7.55. The average Bonchev–Trinajstić information content (AvgIpc) is 2.19. The largest absolute Gasteiger partial charge is 0.514 e. The van der Waals surface area contributed by atoms with Crippen LogP contribution < -0.4 is 0 Å². The number of carbonyl (C=O) groups is 1. The van der Waals surface area contributed by atoms with E-state index in [2.05, 4.69) is 4.74 Å². The maximum absolute atomic E-state index is 12.1. The van der Waals surface area contributed by atoms with Crippen LogP contribution in [0.4, 0.5) is 0 Å². The Kier molecular flexibility index (Phi) is 7.05. The Balaban J connectivity index is 5.01. The van der Waals surface area contributed by atoms with Gasteiger partial charge in [0, 0.05) is 0 Å². The first kappa shape index (κ1) is 15.2. The molecule has 0 aromatic carbocycles. The molecule has 6 nitrogen and oxygen atoms in total. The normalized spacial score (nSPS) is 12.6. The Hall–Kier alpha value is -0.840. The van der Waals surface area contributed by atoms with Crippen molar-refractivity contribution in [3.63, 3.8) is 0 Å². The van der Waals surface area contributed by atoms with Crippen LogP contribution in [0.5, 0.6) is 0 Å². The number of aliphatic hydroxyl groups excluding tert-OH is 1. The van der Waals surface area contributed by atoms with Crippen molar-refractivity contribution in [3.8, 4) is 0 Å². The summed E-state index contributed by atoms with van der Waals surface area (Å²) in [6, 6.07) is 0. The van der Waals surface area contributed by atoms with Gasteiger partial charge in [-0.05, 0) is 20.8 Å². The van der Waals surface area contributed by atoms with E-state index in [9.17, 15) is 9.36 Å². The van der Waals surface area contributed by atoms with Gasteiger partial charge >= 0.3 is 13.6 Å². The van der Waals surface area contributed by atoms with E-state index in [1.54, 1.807) is 20.8 Å². The van der Waals surface area contributed by atoms with Crippen LogP contribution >= 0.6 is 7.60 Å². The standard InChI is InChI=1S/C9H17O6P/c1-4-13-9(11)8(7-10)16(12,14-5-2)15-6-3/h7,10H,4-6H2,1-3H3. The second-order valence-electron chi connectivity index (χ2n) is 2.57. The van der Waals surface area contributed by atoms with Crippen molar-refractivity contribution in [1.82, 2.24) is 0 Å². The molecule has 0 heterocycles. The lowest BCUT2D eigenvalue weighted by Gasteiger charge is -2.17. The highest BCUT2D eigenvalue weighted by Crippen LogP contribution is 2.56. The van der Waals surface area contributed by atoms with E-state index < -0.39 is 18.9 Å². The molecule has 0 bridgehead atoms. The maximum Gasteiger partial charge on any atom is 0.371 e. The third-order valence-electron chi connectivity index (χ3n) is 1.50. The SMILES string of the molecule is CCOC(=O)C(=CO)P(=O)(OCC)OCC. The minimum atomic E-state index is -3.78.